The van der Waals surface area contributed by atoms with Crippen molar-refractivity contribution >= 4 is 0 Å². The highest BCUT2D eigenvalue weighted by Crippen LogP contribution is 2.10. The van der Waals surface area contributed by atoms with E-state index in [4.69, 9.17) is 4.74 Å². The molecule has 0 saturated heterocycles. The van der Waals surface area contributed by atoms with E-state index in [9.17, 15) is 0 Å². The van der Waals surface area contributed by atoms with E-state index in [2.05, 4.69) is 20.1 Å². The summed E-state index contributed by atoms with van der Waals surface area (Å²) >= 11 is 0. The molecule has 1 nitrogen and oxygen atoms in total. The van der Waals surface area contributed by atoms with Gasteiger partial charge in [-0.2, -0.15) is 0 Å². The first-order valence-electron chi connectivity index (χ1n) is 4.32. The average Bonchev–Trinajstić information content (AvgIpc) is 2.17. The van der Waals surface area contributed by atoms with Crippen LogP contribution in [0, 0.1) is 0 Å². The van der Waals surface area contributed by atoms with Crippen LogP contribution in [0.2, 0.25) is 0 Å². The monoisotopic (exact) mass is 168 g/mol. The lowest BCUT2D eigenvalue weighted by Crippen LogP contribution is -1.87. The molecule has 0 rings (SSSR count). The van der Waals surface area contributed by atoms with E-state index in [1.54, 1.807) is 19.3 Å². The highest BCUT2D eigenvalue weighted by Gasteiger charge is 1.95. The van der Waals surface area contributed by atoms with Gasteiger partial charge in [-0.3, -0.25) is 0 Å². The van der Waals surface area contributed by atoms with E-state index < -0.39 is 0 Å². The first-order chi connectivity index (χ1) is 5.79. The zero-order chi connectivity index (χ0) is 9.98. The molecule has 1 heteroatoms. The van der Waals surface area contributed by atoms with Crippen molar-refractivity contribution in [3.63, 3.8) is 0 Å². The Labute approximate surface area is 76.4 Å². The molecule has 0 spiro atoms. The highest BCUT2D eigenvalue weighted by atomic mass is 16.5. The van der Waals surface area contributed by atoms with Crippen LogP contribution in [0.3, 0.4) is 0 Å². The molecule has 0 saturated carbocycles. The Kier molecular flexibility index (Phi) is 11.4. The van der Waals surface area contributed by atoms with Gasteiger partial charge in [0.2, 0.25) is 0 Å². The Hall–Kier alpha value is -0.980. The predicted octanol–water partition coefficient (Wildman–Crippen LogP) is 3.70. The van der Waals surface area contributed by atoms with Gasteiger partial charge in [-0.1, -0.05) is 40.0 Å². The number of methoxy groups -OCH3 is 1. The smallest absolute Gasteiger partial charge is 0.121 e. The van der Waals surface area contributed by atoms with Gasteiger partial charge in [0.05, 0.1) is 7.11 Å². The molecule has 0 bridgehead atoms. The van der Waals surface area contributed by atoms with Crippen LogP contribution < -0.4 is 0 Å². The Morgan fingerprint density at radius 1 is 1.25 bits per heavy atom. The third kappa shape index (κ3) is 4.78. The summed E-state index contributed by atoms with van der Waals surface area (Å²) < 4.78 is 5.03. The molecule has 0 fully saturated rings. The van der Waals surface area contributed by atoms with Crippen molar-refractivity contribution in [3.05, 3.63) is 36.6 Å². The molecule has 0 aromatic rings. The van der Waals surface area contributed by atoms with Crippen molar-refractivity contribution in [3.8, 4) is 0 Å². The summed E-state index contributed by atoms with van der Waals surface area (Å²) in [7, 11) is 1.64. The van der Waals surface area contributed by atoms with Gasteiger partial charge in [-0.05, 0) is 18.1 Å². The minimum absolute atomic E-state index is 0.817. The largest absolute Gasteiger partial charge is 0.497 e. The zero-order valence-corrected chi connectivity index (χ0v) is 8.68. The maximum absolute atomic E-state index is 5.03. The second-order valence-electron chi connectivity index (χ2n) is 1.86. The number of allylic oxidation sites excluding steroid dienone is 3. The second kappa shape index (κ2) is 10.0. The summed E-state index contributed by atoms with van der Waals surface area (Å²) in [6.07, 6.45) is 4.42. The number of hydrogen-bond donors (Lipinski definition) is 0. The highest BCUT2D eigenvalue weighted by molar-refractivity contribution is 5.26. The van der Waals surface area contributed by atoms with Crippen LogP contribution in [0.15, 0.2) is 36.6 Å². The van der Waals surface area contributed by atoms with Crippen LogP contribution in [0.4, 0.5) is 0 Å². The molecule has 12 heavy (non-hydrogen) atoms. The molecule has 0 heterocycles. The van der Waals surface area contributed by atoms with E-state index in [1.165, 1.54) is 0 Å². The van der Waals surface area contributed by atoms with E-state index >= 15 is 0 Å². The molecule has 0 aliphatic heterocycles. The van der Waals surface area contributed by atoms with Gasteiger partial charge in [-0.15, -0.1) is 0 Å². The van der Waals surface area contributed by atoms with Crippen molar-refractivity contribution in [2.45, 2.75) is 27.2 Å². The Balaban J connectivity index is 0. The third-order valence-electron chi connectivity index (χ3n) is 1.35. The van der Waals surface area contributed by atoms with Gasteiger partial charge in [0, 0.05) is 0 Å². The minimum Gasteiger partial charge on any atom is -0.497 e. The lowest BCUT2D eigenvalue weighted by molar-refractivity contribution is 0.302. The molecule has 0 radical (unpaired) electrons. The molecule has 0 aliphatic rings. The molecule has 0 unspecified atom stereocenters. The SMILES string of the molecule is C=C/C(CC)=C(\C=C)OC.CC. The van der Waals surface area contributed by atoms with Crippen LogP contribution in [0.25, 0.3) is 0 Å². The summed E-state index contributed by atoms with van der Waals surface area (Å²) in [5, 5.41) is 0. The first-order valence-corrected chi connectivity index (χ1v) is 4.32. The topological polar surface area (TPSA) is 9.23 Å². The first kappa shape index (κ1) is 13.6. The van der Waals surface area contributed by atoms with Gasteiger partial charge in [-0.25, -0.2) is 0 Å². The molecule has 0 N–H and O–H groups in total. The van der Waals surface area contributed by atoms with E-state index in [1.807, 2.05) is 13.8 Å². The molecular weight excluding hydrogens is 148 g/mol. The lowest BCUT2D eigenvalue weighted by Gasteiger charge is -2.03. The fourth-order valence-electron chi connectivity index (χ4n) is 0.765. The normalized spacial score (nSPS) is 10.3. The molecule has 0 atom stereocenters. The summed E-state index contributed by atoms with van der Waals surface area (Å²) in [4.78, 5) is 0. The number of ether oxygens (including phenoxy) is 1. The Bertz CT molecular complexity index is 136. The quantitative estimate of drug-likeness (QED) is 0.459. The van der Waals surface area contributed by atoms with E-state index in [0.29, 0.717) is 0 Å². The Morgan fingerprint density at radius 3 is 1.83 bits per heavy atom. The standard InChI is InChI=1S/C9H14O.C2H6/c1-5-8(6-2)9(7-3)10-4;1-2/h5,7H,1,3,6H2,2,4H3;1-2H3/b9-8-;. The van der Waals surface area contributed by atoms with Gasteiger partial charge >= 0.3 is 0 Å². The van der Waals surface area contributed by atoms with Crippen LogP contribution >= 0.6 is 0 Å². The van der Waals surface area contributed by atoms with Crippen LogP contribution in [0.1, 0.15) is 27.2 Å². The van der Waals surface area contributed by atoms with Gasteiger partial charge in [0.25, 0.3) is 0 Å². The molecule has 0 amide bonds. The lowest BCUT2D eigenvalue weighted by atomic mass is 10.2. The summed E-state index contributed by atoms with van der Waals surface area (Å²) in [5.41, 5.74) is 1.09. The third-order valence-corrected chi connectivity index (χ3v) is 1.35. The minimum atomic E-state index is 0.817. The maximum atomic E-state index is 5.03. The van der Waals surface area contributed by atoms with Crippen molar-refractivity contribution in [1.29, 1.82) is 0 Å². The molecular formula is C11H20O. The molecule has 70 valence electrons. The molecule has 0 aromatic carbocycles. The Morgan fingerprint density at radius 2 is 1.75 bits per heavy atom. The maximum Gasteiger partial charge on any atom is 0.121 e. The second-order valence-corrected chi connectivity index (χ2v) is 1.86. The zero-order valence-electron chi connectivity index (χ0n) is 8.68. The van der Waals surface area contributed by atoms with Crippen LogP contribution in [-0.2, 0) is 4.74 Å². The van der Waals surface area contributed by atoms with Crippen molar-refractivity contribution in [2.24, 2.45) is 0 Å². The van der Waals surface area contributed by atoms with E-state index in [0.717, 1.165) is 17.8 Å². The fourth-order valence-corrected chi connectivity index (χ4v) is 0.765. The van der Waals surface area contributed by atoms with Crippen molar-refractivity contribution in [1.82, 2.24) is 0 Å². The van der Waals surface area contributed by atoms with Crippen molar-refractivity contribution < 1.29 is 4.74 Å². The van der Waals surface area contributed by atoms with Gasteiger partial charge in [0.1, 0.15) is 5.76 Å². The predicted molar refractivity (Wildman–Crippen MR) is 56.1 cm³/mol. The van der Waals surface area contributed by atoms with Crippen LogP contribution in [-0.4, -0.2) is 7.11 Å². The van der Waals surface area contributed by atoms with Gasteiger partial charge < -0.3 is 4.74 Å². The number of rotatable bonds is 4. The molecule has 0 aliphatic carbocycles. The van der Waals surface area contributed by atoms with Crippen LogP contribution in [0.5, 0.6) is 0 Å². The van der Waals surface area contributed by atoms with E-state index in [-0.39, 0.29) is 0 Å². The summed E-state index contributed by atoms with van der Waals surface area (Å²) in [6, 6.07) is 0. The molecule has 0 aromatic heterocycles. The average molecular weight is 168 g/mol. The van der Waals surface area contributed by atoms with Gasteiger partial charge in [0.15, 0.2) is 0 Å². The fraction of sp³-hybridized carbons (Fsp3) is 0.455. The van der Waals surface area contributed by atoms with Crippen molar-refractivity contribution in [2.75, 3.05) is 7.11 Å². The number of hydrogen-bond acceptors (Lipinski definition) is 1. The summed E-state index contributed by atoms with van der Waals surface area (Å²) in [6.45, 7) is 13.3. The summed E-state index contributed by atoms with van der Waals surface area (Å²) in [5.74, 6) is 0.817.